The molecule has 1 aromatic carbocycles. The van der Waals surface area contributed by atoms with Gasteiger partial charge in [-0.05, 0) is 24.5 Å². The predicted molar refractivity (Wildman–Crippen MR) is 83.7 cm³/mol. The molecule has 0 saturated carbocycles. The molecule has 0 radical (unpaired) electrons. The van der Waals surface area contributed by atoms with Crippen molar-refractivity contribution in [2.45, 2.75) is 19.9 Å². The number of rotatable bonds is 6. The monoisotopic (exact) mass is 297 g/mol. The van der Waals surface area contributed by atoms with Crippen molar-refractivity contribution in [1.82, 2.24) is 10.6 Å². The lowest BCUT2D eigenvalue weighted by atomic mass is 10.1. The summed E-state index contributed by atoms with van der Waals surface area (Å²) in [7, 11) is -1.19. The zero-order valence-electron chi connectivity index (χ0n) is 12.3. The van der Waals surface area contributed by atoms with Crippen molar-refractivity contribution in [3.05, 3.63) is 35.4 Å². The fraction of sp³-hybridized carbons (Fsp3) is 0.500. The molecule has 0 aliphatic rings. The maximum Gasteiger partial charge on any atom is 0.191 e. The Kier molecular flexibility index (Phi) is 6.51. The van der Waals surface area contributed by atoms with Crippen LogP contribution in [0.15, 0.2) is 29.3 Å². The van der Waals surface area contributed by atoms with Gasteiger partial charge in [0.05, 0.1) is 5.75 Å². The van der Waals surface area contributed by atoms with Gasteiger partial charge >= 0.3 is 0 Å². The summed E-state index contributed by atoms with van der Waals surface area (Å²) < 4.78 is 22.0. The van der Waals surface area contributed by atoms with E-state index in [1.165, 1.54) is 17.4 Å². The first-order valence-corrected chi connectivity index (χ1v) is 8.65. The zero-order valence-corrected chi connectivity index (χ0v) is 13.1. The summed E-state index contributed by atoms with van der Waals surface area (Å²) in [5.41, 5.74) is 2.44. The van der Waals surface area contributed by atoms with E-state index in [0.29, 0.717) is 25.5 Å². The van der Waals surface area contributed by atoms with E-state index in [0.717, 1.165) is 0 Å². The highest BCUT2D eigenvalue weighted by molar-refractivity contribution is 7.90. The first-order chi connectivity index (χ1) is 9.42. The number of hydrogen-bond acceptors (Lipinski definition) is 3. The van der Waals surface area contributed by atoms with Gasteiger partial charge in [0, 0.05) is 26.4 Å². The van der Waals surface area contributed by atoms with Crippen LogP contribution in [0, 0.1) is 6.92 Å². The average molecular weight is 297 g/mol. The minimum atomic E-state index is -2.89. The molecule has 0 heterocycles. The van der Waals surface area contributed by atoms with E-state index in [1.54, 1.807) is 7.05 Å². The Morgan fingerprint density at radius 2 is 1.95 bits per heavy atom. The number of guanidine groups is 1. The molecule has 2 N–H and O–H groups in total. The maximum absolute atomic E-state index is 11.0. The van der Waals surface area contributed by atoms with Crippen LogP contribution in [0.5, 0.6) is 0 Å². The van der Waals surface area contributed by atoms with Crippen LogP contribution in [-0.4, -0.2) is 40.0 Å². The number of nitrogens with zero attached hydrogens (tertiary/aromatic N) is 1. The Balaban J connectivity index is 2.36. The molecule has 0 aromatic heterocycles. The Hall–Kier alpha value is -1.56. The number of benzene rings is 1. The lowest BCUT2D eigenvalue weighted by Gasteiger charge is -2.12. The Labute approximate surface area is 121 Å². The first-order valence-electron chi connectivity index (χ1n) is 6.59. The van der Waals surface area contributed by atoms with Crippen LogP contribution in [-0.2, 0) is 16.4 Å². The second-order valence-corrected chi connectivity index (χ2v) is 7.02. The molecule has 0 amide bonds. The smallest absolute Gasteiger partial charge is 0.191 e. The summed E-state index contributed by atoms with van der Waals surface area (Å²) in [5, 5.41) is 6.32. The molecule has 0 aliphatic heterocycles. The van der Waals surface area contributed by atoms with Gasteiger partial charge < -0.3 is 10.6 Å². The van der Waals surface area contributed by atoms with Crippen LogP contribution in [0.25, 0.3) is 0 Å². The minimum absolute atomic E-state index is 0.189. The average Bonchev–Trinajstić information content (AvgIpc) is 2.38. The fourth-order valence-electron chi connectivity index (χ4n) is 1.75. The first kappa shape index (κ1) is 16.5. The third-order valence-corrected chi connectivity index (χ3v) is 3.95. The summed E-state index contributed by atoms with van der Waals surface area (Å²) >= 11 is 0. The Morgan fingerprint density at radius 3 is 2.55 bits per heavy atom. The highest BCUT2D eigenvalue weighted by atomic mass is 32.2. The molecule has 20 heavy (non-hydrogen) atoms. The van der Waals surface area contributed by atoms with Crippen LogP contribution < -0.4 is 10.6 Å². The standard InChI is InChI=1S/C14H23N3O2S/c1-12-7-4-5-8-13(12)11-17-14(15-2)16-9-6-10-20(3,18)19/h4-5,7-8H,6,9-11H2,1-3H3,(H2,15,16,17). The van der Waals surface area contributed by atoms with Gasteiger partial charge in [0.15, 0.2) is 5.96 Å². The summed E-state index contributed by atoms with van der Waals surface area (Å²) in [5.74, 6) is 0.871. The highest BCUT2D eigenvalue weighted by Crippen LogP contribution is 2.05. The van der Waals surface area contributed by atoms with Crippen LogP contribution in [0.1, 0.15) is 17.5 Å². The second-order valence-electron chi connectivity index (χ2n) is 4.76. The third-order valence-electron chi connectivity index (χ3n) is 2.92. The van der Waals surface area contributed by atoms with Gasteiger partial charge in [-0.15, -0.1) is 0 Å². The molecule has 0 spiro atoms. The topological polar surface area (TPSA) is 70.6 Å². The normalized spacial score (nSPS) is 12.2. The van der Waals surface area contributed by atoms with Crippen molar-refractivity contribution in [2.24, 2.45) is 4.99 Å². The molecule has 0 saturated heterocycles. The van der Waals surface area contributed by atoms with Crippen molar-refractivity contribution < 1.29 is 8.42 Å². The number of aryl methyl sites for hydroxylation is 1. The van der Waals surface area contributed by atoms with E-state index in [9.17, 15) is 8.42 Å². The van der Waals surface area contributed by atoms with Crippen molar-refractivity contribution in [2.75, 3.05) is 25.6 Å². The van der Waals surface area contributed by atoms with Gasteiger partial charge in [0.2, 0.25) is 0 Å². The quantitative estimate of drug-likeness (QED) is 0.468. The van der Waals surface area contributed by atoms with Crippen LogP contribution in [0.2, 0.25) is 0 Å². The van der Waals surface area contributed by atoms with Crippen LogP contribution in [0.3, 0.4) is 0 Å². The summed E-state index contributed by atoms with van der Waals surface area (Å²) in [6.07, 6.45) is 1.82. The van der Waals surface area contributed by atoms with Crippen molar-refractivity contribution >= 4 is 15.8 Å². The lowest BCUT2D eigenvalue weighted by molar-refractivity contribution is 0.598. The van der Waals surface area contributed by atoms with Crippen molar-refractivity contribution in [1.29, 1.82) is 0 Å². The van der Waals surface area contributed by atoms with E-state index in [4.69, 9.17) is 0 Å². The molecule has 0 atom stereocenters. The van der Waals surface area contributed by atoms with E-state index in [2.05, 4.69) is 34.7 Å². The molecule has 0 fully saturated rings. The summed E-state index contributed by atoms with van der Waals surface area (Å²) in [6, 6.07) is 8.15. The van der Waals surface area contributed by atoms with Crippen LogP contribution in [0.4, 0.5) is 0 Å². The molecule has 1 rings (SSSR count). The van der Waals surface area contributed by atoms with Crippen molar-refractivity contribution in [3.63, 3.8) is 0 Å². The largest absolute Gasteiger partial charge is 0.356 e. The Bertz CT molecular complexity index is 553. The third kappa shape index (κ3) is 6.56. The van der Waals surface area contributed by atoms with E-state index >= 15 is 0 Å². The number of nitrogens with one attached hydrogen (secondary N) is 2. The molecule has 0 aliphatic carbocycles. The number of hydrogen-bond donors (Lipinski definition) is 2. The Morgan fingerprint density at radius 1 is 1.25 bits per heavy atom. The highest BCUT2D eigenvalue weighted by Gasteiger charge is 2.03. The zero-order chi connectivity index (χ0) is 15.0. The van der Waals surface area contributed by atoms with Gasteiger partial charge in [-0.3, -0.25) is 4.99 Å². The second kappa shape index (κ2) is 7.89. The van der Waals surface area contributed by atoms with E-state index in [1.807, 2.05) is 12.1 Å². The summed E-state index contributed by atoms with van der Waals surface area (Å²) in [4.78, 5) is 4.11. The van der Waals surface area contributed by atoms with Crippen LogP contribution >= 0.6 is 0 Å². The molecule has 0 unspecified atom stereocenters. The lowest BCUT2D eigenvalue weighted by Crippen LogP contribution is -2.37. The molecule has 6 heteroatoms. The van der Waals surface area contributed by atoms with Crippen molar-refractivity contribution in [3.8, 4) is 0 Å². The molecule has 5 nitrogen and oxygen atoms in total. The van der Waals surface area contributed by atoms with E-state index < -0.39 is 9.84 Å². The van der Waals surface area contributed by atoms with Gasteiger partial charge in [0.25, 0.3) is 0 Å². The SMILES string of the molecule is CN=C(NCCCS(C)(=O)=O)NCc1ccccc1C. The number of sulfone groups is 1. The molecule has 112 valence electrons. The molecular weight excluding hydrogens is 274 g/mol. The molecule has 1 aromatic rings. The molecular formula is C14H23N3O2S. The molecule has 0 bridgehead atoms. The van der Waals surface area contributed by atoms with Gasteiger partial charge in [-0.25, -0.2) is 8.42 Å². The maximum atomic E-state index is 11.0. The van der Waals surface area contributed by atoms with Gasteiger partial charge in [-0.2, -0.15) is 0 Å². The van der Waals surface area contributed by atoms with Gasteiger partial charge in [0.1, 0.15) is 9.84 Å². The van der Waals surface area contributed by atoms with Gasteiger partial charge in [-0.1, -0.05) is 24.3 Å². The summed E-state index contributed by atoms with van der Waals surface area (Å²) in [6.45, 7) is 3.35. The predicted octanol–water partition coefficient (Wildman–Crippen LogP) is 1.09. The van der Waals surface area contributed by atoms with E-state index in [-0.39, 0.29) is 5.75 Å². The minimum Gasteiger partial charge on any atom is -0.356 e. The fourth-order valence-corrected chi connectivity index (χ4v) is 2.42. The number of aliphatic imine (C=N–C) groups is 1.